The number of hydrogen-bond donors (Lipinski definition) is 1. The molecule has 0 saturated carbocycles. The van der Waals surface area contributed by atoms with E-state index in [0.29, 0.717) is 28.9 Å². The van der Waals surface area contributed by atoms with Gasteiger partial charge in [0.15, 0.2) is 5.82 Å². The van der Waals surface area contributed by atoms with Gasteiger partial charge in [0.1, 0.15) is 0 Å². The first kappa shape index (κ1) is 17.5. The SMILES string of the molecule is O=C(c1ccccc1)n1nc(-c2cccs2)nc1NCc1ccc(Cl)cc1. The third-order valence-corrected chi connectivity index (χ3v) is 5.04. The molecule has 0 saturated heterocycles. The topological polar surface area (TPSA) is 59.8 Å². The zero-order valence-corrected chi connectivity index (χ0v) is 15.7. The number of carbonyl (C=O) groups is 1. The fourth-order valence-corrected chi connectivity index (χ4v) is 3.34. The third kappa shape index (κ3) is 3.92. The second-order valence-corrected chi connectivity index (χ2v) is 7.18. The van der Waals surface area contributed by atoms with E-state index in [1.807, 2.05) is 60.0 Å². The Bertz CT molecular complexity index is 1040. The van der Waals surface area contributed by atoms with Crippen LogP contribution in [0.4, 0.5) is 5.95 Å². The summed E-state index contributed by atoms with van der Waals surface area (Å²) in [6, 6.07) is 20.4. The standard InChI is InChI=1S/C20H15ClN4OS/c21-16-10-8-14(9-11-16)13-22-20-23-18(17-7-4-12-27-17)24-25(20)19(26)15-5-2-1-3-6-15/h1-12H,13H2,(H,22,23,24). The minimum atomic E-state index is -0.232. The number of benzene rings is 2. The van der Waals surface area contributed by atoms with Crippen LogP contribution in [-0.2, 0) is 6.54 Å². The third-order valence-electron chi connectivity index (χ3n) is 3.93. The van der Waals surface area contributed by atoms with Crippen molar-refractivity contribution in [3.63, 3.8) is 0 Å². The van der Waals surface area contributed by atoms with Crippen LogP contribution in [0.1, 0.15) is 15.9 Å². The van der Waals surface area contributed by atoms with Crippen molar-refractivity contribution in [2.75, 3.05) is 5.32 Å². The fraction of sp³-hybridized carbons (Fsp3) is 0.0500. The van der Waals surface area contributed by atoms with Gasteiger partial charge in [-0.05, 0) is 41.3 Å². The quantitative estimate of drug-likeness (QED) is 0.519. The van der Waals surface area contributed by atoms with Gasteiger partial charge >= 0.3 is 0 Å². The Morgan fingerprint density at radius 1 is 1.04 bits per heavy atom. The molecular formula is C20H15ClN4OS. The van der Waals surface area contributed by atoms with Crippen molar-refractivity contribution in [2.45, 2.75) is 6.54 Å². The maximum atomic E-state index is 12.9. The smallest absolute Gasteiger partial charge is 0.281 e. The van der Waals surface area contributed by atoms with Crippen molar-refractivity contribution in [3.8, 4) is 10.7 Å². The van der Waals surface area contributed by atoms with Gasteiger partial charge in [0.25, 0.3) is 5.91 Å². The van der Waals surface area contributed by atoms with Crippen molar-refractivity contribution >= 4 is 34.8 Å². The number of halogens is 1. The molecule has 0 fully saturated rings. The van der Waals surface area contributed by atoms with Crippen LogP contribution < -0.4 is 5.32 Å². The lowest BCUT2D eigenvalue weighted by Gasteiger charge is -2.07. The normalized spacial score (nSPS) is 10.7. The van der Waals surface area contributed by atoms with E-state index in [1.54, 1.807) is 12.1 Å². The molecule has 0 spiro atoms. The highest BCUT2D eigenvalue weighted by molar-refractivity contribution is 7.13. The molecule has 4 rings (SSSR count). The van der Waals surface area contributed by atoms with E-state index in [4.69, 9.17) is 11.6 Å². The van der Waals surface area contributed by atoms with Gasteiger partial charge in [-0.15, -0.1) is 16.4 Å². The van der Waals surface area contributed by atoms with Gasteiger partial charge in [-0.3, -0.25) is 4.79 Å². The number of anilines is 1. The van der Waals surface area contributed by atoms with Gasteiger partial charge in [-0.25, -0.2) is 0 Å². The largest absolute Gasteiger partial charge is 0.350 e. The summed E-state index contributed by atoms with van der Waals surface area (Å²) in [6.07, 6.45) is 0. The minimum absolute atomic E-state index is 0.232. The lowest BCUT2D eigenvalue weighted by Crippen LogP contribution is -2.17. The monoisotopic (exact) mass is 394 g/mol. The second-order valence-electron chi connectivity index (χ2n) is 5.80. The molecule has 134 valence electrons. The van der Waals surface area contributed by atoms with Crippen LogP contribution in [-0.4, -0.2) is 20.7 Å². The van der Waals surface area contributed by atoms with Gasteiger partial charge in [-0.2, -0.15) is 9.67 Å². The first-order valence-corrected chi connectivity index (χ1v) is 9.55. The van der Waals surface area contributed by atoms with Crippen LogP contribution in [0, 0.1) is 0 Å². The van der Waals surface area contributed by atoms with E-state index in [2.05, 4.69) is 15.4 Å². The Morgan fingerprint density at radius 3 is 2.52 bits per heavy atom. The lowest BCUT2D eigenvalue weighted by atomic mass is 10.2. The van der Waals surface area contributed by atoms with E-state index in [-0.39, 0.29) is 5.91 Å². The number of nitrogens with one attached hydrogen (secondary N) is 1. The van der Waals surface area contributed by atoms with E-state index in [9.17, 15) is 4.79 Å². The Morgan fingerprint density at radius 2 is 1.81 bits per heavy atom. The van der Waals surface area contributed by atoms with Gasteiger partial charge in [0, 0.05) is 17.1 Å². The summed E-state index contributed by atoms with van der Waals surface area (Å²) >= 11 is 7.46. The van der Waals surface area contributed by atoms with E-state index >= 15 is 0 Å². The van der Waals surface area contributed by atoms with Crippen LogP contribution in [0.2, 0.25) is 5.02 Å². The number of hydrogen-bond acceptors (Lipinski definition) is 5. The Hall–Kier alpha value is -2.96. The van der Waals surface area contributed by atoms with Crippen LogP contribution in [0.25, 0.3) is 10.7 Å². The molecule has 7 heteroatoms. The molecule has 0 unspecified atom stereocenters. The summed E-state index contributed by atoms with van der Waals surface area (Å²) < 4.78 is 1.32. The number of thiophene rings is 1. The van der Waals surface area contributed by atoms with Crippen LogP contribution in [0.3, 0.4) is 0 Å². The second kappa shape index (κ2) is 7.73. The molecule has 0 aliphatic heterocycles. The number of nitrogens with zero attached hydrogens (tertiary/aromatic N) is 3. The molecule has 5 nitrogen and oxygen atoms in total. The van der Waals surface area contributed by atoms with E-state index < -0.39 is 0 Å². The molecule has 0 atom stereocenters. The van der Waals surface area contributed by atoms with Crippen LogP contribution in [0.15, 0.2) is 72.1 Å². The first-order valence-electron chi connectivity index (χ1n) is 8.30. The summed E-state index contributed by atoms with van der Waals surface area (Å²) in [6.45, 7) is 0.502. The molecule has 0 radical (unpaired) electrons. The number of rotatable bonds is 5. The molecular weight excluding hydrogens is 380 g/mol. The van der Waals surface area contributed by atoms with Crippen LogP contribution in [0.5, 0.6) is 0 Å². The average molecular weight is 395 g/mol. The van der Waals surface area contributed by atoms with Crippen molar-refractivity contribution in [1.29, 1.82) is 0 Å². The number of aromatic nitrogens is 3. The summed E-state index contributed by atoms with van der Waals surface area (Å²) in [5.41, 5.74) is 1.58. The van der Waals surface area contributed by atoms with Gasteiger partial charge in [0.05, 0.1) is 4.88 Å². The Kier molecular flexibility index (Phi) is 5.00. The predicted octanol–water partition coefficient (Wildman–Crippen LogP) is 4.96. The van der Waals surface area contributed by atoms with Gasteiger partial charge < -0.3 is 5.32 Å². The summed E-state index contributed by atoms with van der Waals surface area (Å²) in [7, 11) is 0. The molecule has 2 heterocycles. The molecule has 1 N–H and O–H groups in total. The molecule has 27 heavy (non-hydrogen) atoms. The summed E-state index contributed by atoms with van der Waals surface area (Å²) in [5, 5.41) is 10.3. The molecule has 2 aromatic heterocycles. The molecule has 0 aliphatic carbocycles. The average Bonchev–Trinajstić information content (AvgIpc) is 3.37. The van der Waals surface area contributed by atoms with Crippen molar-refractivity contribution in [2.24, 2.45) is 0 Å². The molecule has 0 bridgehead atoms. The van der Waals surface area contributed by atoms with Crippen molar-refractivity contribution < 1.29 is 4.79 Å². The predicted molar refractivity (Wildman–Crippen MR) is 108 cm³/mol. The maximum Gasteiger partial charge on any atom is 0.281 e. The van der Waals surface area contributed by atoms with Crippen LogP contribution >= 0.6 is 22.9 Å². The Labute approximate surface area is 165 Å². The molecule has 2 aromatic carbocycles. The molecule has 0 aliphatic rings. The fourth-order valence-electron chi connectivity index (χ4n) is 2.56. The van der Waals surface area contributed by atoms with E-state index in [1.165, 1.54) is 16.0 Å². The van der Waals surface area contributed by atoms with Gasteiger partial charge in [0.2, 0.25) is 5.95 Å². The summed E-state index contributed by atoms with van der Waals surface area (Å²) in [5.74, 6) is 0.694. The minimum Gasteiger partial charge on any atom is -0.350 e. The highest BCUT2D eigenvalue weighted by Gasteiger charge is 2.19. The lowest BCUT2D eigenvalue weighted by molar-refractivity contribution is 0.0947. The maximum absolute atomic E-state index is 12.9. The zero-order valence-electron chi connectivity index (χ0n) is 14.2. The highest BCUT2D eigenvalue weighted by atomic mass is 35.5. The van der Waals surface area contributed by atoms with Crippen molar-refractivity contribution in [3.05, 3.63) is 88.3 Å². The Balaban J connectivity index is 1.66. The van der Waals surface area contributed by atoms with Gasteiger partial charge in [-0.1, -0.05) is 48.0 Å². The highest BCUT2D eigenvalue weighted by Crippen LogP contribution is 2.24. The molecule has 4 aromatic rings. The zero-order chi connectivity index (χ0) is 18.6. The first-order chi connectivity index (χ1) is 13.2. The molecule has 0 amide bonds. The summed E-state index contributed by atoms with van der Waals surface area (Å²) in [4.78, 5) is 18.4. The van der Waals surface area contributed by atoms with E-state index in [0.717, 1.165) is 10.4 Å². The number of carbonyl (C=O) groups excluding carboxylic acids is 1. The van der Waals surface area contributed by atoms with Crippen molar-refractivity contribution in [1.82, 2.24) is 14.8 Å².